The molecule has 3 nitrogen and oxygen atoms in total. The van der Waals surface area contributed by atoms with Crippen molar-refractivity contribution >= 4 is 17.4 Å². The predicted octanol–water partition coefficient (Wildman–Crippen LogP) is 5.39. The van der Waals surface area contributed by atoms with Crippen LogP contribution in [0.1, 0.15) is 64.9 Å². The van der Waals surface area contributed by atoms with Crippen LogP contribution < -0.4 is 9.47 Å². The lowest BCUT2D eigenvalue weighted by atomic mass is 9.94. The van der Waals surface area contributed by atoms with Gasteiger partial charge in [0.1, 0.15) is 17.3 Å². The first kappa shape index (κ1) is 18.8. The van der Waals surface area contributed by atoms with Gasteiger partial charge >= 0.3 is 0 Å². The summed E-state index contributed by atoms with van der Waals surface area (Å²) in [6.07, 6.45) is 3.23. The van der Waals surface area contributed by atoms with E-state index in [4.69, 9.17) is 21.1 Å². The fraction of sp³-hybridized carbons (Fsp3) is 0.611. The molecule has 1 atom stereocenters. The van der Waals surface area contributed by atoms with Gasteiger partial charge in [-0.1, -0.05) is 32.4 Å². The van der Waals surface area contributed by atoms with Crippen molar-refractivity contribution < 1.29 is 14.3 Å². The number of hydrogen-bond acceptors (Lipinski definition) is 3. The lowest BCUT2D eigenvalue weighted by molar-refractivity contribution is -0.117. The number of Topliss-reactive ketones (excluding diaryl/α,β-unsaturated/α-hetero) is 1. The highest BCUT2D eigenvalue weighted by Crippen LogP contribution is 2.38. The SMILES string of the molecule is CCCOc1cc(OCCC)c(C(C)CCC(C)=O)cc1Cl. The van der Waals surface area contributed by atoms with Crippen LogP contribution >= 0.6 is 11.6 Å². The summed E-state index contributed by atoms with van der Waals surface area (Å²) in [5, 5.41) is 0.599. The third-order valence-electron chi connectivity index (χ3n) is 3.45. The van der Waals surface area contributed by atoms with Crippen molar-refractivity contribution in [1.82, 2.24) is 0 Å². The molecule has 0 amide bonds. The van der Waals surface area contributed by atoms with Gasteiger partial charge in [0.2, 0.25) is 0 Å². The average Bonchev–Trinajstić information content (AvgIpc) is 2.49. The number of carbonyl (C=O) groups is 1. The highest BCUT2D eigenvalue weighted by molar-refractivity contribution is 6.32. The molecule has 0 saturated carbocycles. The largest absolute Gasteiger partial charge is 0.493 e. The van der Waals surface area contributed by atoms with Crippen LogP contribution in [0.3, 0.4) is 0 Å². The molecule has 0 aromatic heterocycles. The molecule has 0 aliphatic carbocycles. The van der Waals surface area contributed by atoms with Gasteiger partial charge in [-0.3, -0.25) is 0 Å². The molecular formula is C18H27ClO3. The van der Waals surface area contributed by atoms with Crippen molar-refractivity contribution in [1.29, 1.82) is 0 Å². The molecule has 1 unspecified atom stereocenters. The standard InChI is InChI=1S/C18H27ClO3/c1-5-9-21-17-12-18(22-10-6-2)16(19)11-15(17)13(3)7-8-14(4)20/h11-13H,5-10H2,1-4H3. The zero-order chi connectivity index (χ0) is 16.5. The van der Waals surface area contributed by atoms with Crippen LogP contribution in [0.2, 0.25) is 5.02 Å². The Kier molecular flexibility index (Phi) is 8.32. The molecule has 0 aliphatic rings. The molecule has 0 fully saturated rings. The first-order valence-electron chi connectivity index (χ1n) is 8.08. The van der Waals surface area contributed by atoms with Crippen molar-refractivity contribution in [2.45, 2.75) is 59.3 Å². The average molecular weight is 327 g/mol. The zero-order valence-corrected chi connectivity index (χ0v) is 14.8. The summed E-state index contributed by atoms with van der Waals surface area (Å²) in [7, 11) is 0. The summed E-state index contributed by atoms with van der Waals surface area (Å²) < 4.78 is 11.5. The monoisotopic (exact) mass is 326 g/mol. The van der Waals surface area contributed by atoms with Crippen molar-refractivity contribution in [3.05, 3.63) is 22.7 Å². The Morgan fingerprint density at radius 1 is 1.14 bits per heavy atom. The van der Waals surface area contributed by atoms with Crippen molar-refractivity contribution in [2.24, 2.45) is 0 Å². The Balaban J connectivity index is 3.01. The Bertz CT molecular complexity index is 485. The molecule has 124 valence electrons. The second kappa shape index (κ2) is 9.73. The predicted molar refractivity (Wildman–Crippen MR) is 91.4 cm³/mol. The fourth-order valence-electron chi connectivity index (χ4n) is 2.17. The molecule has 0 spiro atoms. The summed E-state index contributed by atoms with van der Waals surface area (Å²) in [5.41, 5.74) is 1.04. The molecule has 0 bridgehead atoms. The van der Waals surface area contributed by atoms with E-state index in [1.165, 1.54) is 0 Å². The van der Waals surface area contributed by atoms with Crippen molar-refractivity contribution in [3.63, 3.8) is 0 Å². The molecule has 1 aromatic carbocycles. The second-order valence-corrected chi connectivity index (χ2v) is 6.07. The van der Waals surface area contributed by atoms with E-state index in [9.17, 15) is 4.79 Å². The molecule has 0 saturated heterocycles. The number of rotatable bonds is 10. The quantitative estimate of drug-likeness (QED) is 0.578. The molecule has 1 aromatic rings. The van der Waals surface area contributed by atoms with Crippen LogP contribution in [0, 0.1) is 0 Å². The highest BCUT2D eigenvalue weighted by atomic mass is 35.5. The Labute approximate surface area is 139 Å². The van der Waals surface area contributed by atoms with Crippen LogP contribution in [-0.2, 0) is 4.79 Å². The summed E-state index contributed by atoms with van der Waals surface area (Å²) in [6, 6.07) is 3.80. The van der Waals surface area contributed by atoms with Crippen molar-refractivity contribution in [3.8, 4) is 11.5 Å². The Morgan fingerprint density at radius 2 is 1.73 bits per heavy atom. The van der Waals surface area contributed by atoms with Gasteiger partial charge in [-0.05, 0) is 43.7 Å². The first-order valence-corrected chi connectivity index (χ1v) is 8.45. The molecule has 4 heteroatoms. The minimum atomic E-state index is 0.205. The van der Waals surface area contributed by atoms with Crippen LogP contribution in [0.4, 0.5) is 0 Å². The van der Waals surface area contributed by atoms with Gasteiger partial charge in [-0.15, -0.1) is 0 Å². The summed E-state index contributed by atoms with van der Waals surface area (Å²) in [5.74, 6) is 1.90. The van der Waals surface area contributed by atoms with E-state index >= 15 is 0 Å². The smallest absolute Gasteiger partial charge is 0.141 e. The molecule has 0 radical (unpaired) electrons. The molecule has 22 heavy (non-hydrogen) atoms. The molecule has 0 heterocycles. The summed E-state index contributed by atoms with van der Waals surface area (Å²) in [6.45, 7) is 9.13. The molecule has 0 aliphatic heterocycles. The van der Waals surface area contributed by atoms with Crippen LogP contribution in [0.5, 0.6) is 11.5 Å². The number of halogens is 1. The van der Waals surface area contributed by atoms with E-state index in [-0.39, 0.29) is 11.7 Å². The maximum atomic E-state index is 11.2. The minimum absolute atomic E-state index is 0.205. The lowest BCUT2D eigenvalue weighted by Gasteiger charge is -2.19. The number of carbonyl (C=O) groups excluding carboxylic acids is 1. The third-order valence-corrected chi connectivity index (χ3v) is 3.74. The van der Waals surface area contributed by atoms with Gasteiger partial charge in [0.15, 0.2) is 0 Å². The fourth-order valence-corrected chi connectivity index (χ4v) is 2.40. The van der Waals surface area contributed by atoms with Crippen molar-refractivity contribution in [2.75, 3.05) is 13.2 Å². The zero-order valence-electron chi connectivity index (χ0n) is 14.1. The van der Waals surface area contributed by atoms with E-state index < -0.39 is 0 Å². The maximum Gasteiger partial charge on any atom is 0.141 e. The Morgan fingerprint density at radius 3 is 2.27 bits per heavy atom. The maximum absolute atomic E-state index is 11.2. The highest BCUT2D eigenvalue weighted by Gasteiger charge is 2.17. The number of ketones is 1. The number of benzene rings is 1. The van der Waals surface area contributed by atoms with Crippen LogP contribution in [-0.4, -0.2) is 19.0 Å². The van der Waals surface area contributed by atoms with E-state index in [0.29, 0.717) is 30.4 Å². The molecular weight excluding hydrogens is 300 g/mol. The van der Waals surface area contributed by atoms with Gasteiger partial charge in [0.05, 0.1) is 18.2 Å². The lowest BCUT2D eigenvalue weighted by Crippen LogP contribution is -2.05. The normalized spacial score (nSPS) is 12.0. The second-order valence-electron chi connectivity index (χ2n) is 5.66. The van der Waals surface area contributed by atoms with Gasteiger partial charge < -0.3 is 14.3 Å². The third kappa shape index (κ3) is 5.88. The topological polar surface area (TPSA) is 35.5 Å². The number of ether oxygens (including phenoxy) is 2. The van der Waals surface area contributed by atoms with E-state index in [2.05, 4.69) is 20.8 Å². The molecule has 0 N–H and O–H groups in total. The minimum Gasteiger partial charge on any atom is -0.493 e. The van der Waals surface area contributed by atoms with E-state index in [0.717, 1.165) is 30.6 Å². The van der Waals surface area contributed by atoms with E-state index in [1.54, 1.807) is 6.92 Å². The molecule has 1 rings (SSSR count). The van der Waals surface area contributed by atoms with Gasteiger partial charge in [0.25, 0.3) is 0 Å². The van der Waals surface area contributed by atoms with Gasteiger partial charge in [-0.2, -0.15) is 0 Å². The van der Waals surface area contributed by atoms with Gasteiger partial charge in [-0.25, -0.2) is 0 Å². The number of hydrogen-bond donors (Lipinski definition) is 0. The van der Waals surface area contributed by atoms with Crippen LogP contribution in [0.25, 0.3) is 0 Å². The Hall–Kier alpha value is -1.22. The first-order chi connectivity index (χ1) is 10.5. The van der Waals surface area contributed by atoms with Gasteiger partial charge in [0, 0.05) is 12.5 Å². The summed E-state index contributed by atoms with van der Waals surface area (Å²) in [4.78, 5) is 11.2. The van der Waals surface area contributed by atoms with Crippen LogP contribution in [0.15, 0.2) is 12.1 Å². The summed E-state index contributed by atoms with van der Waals surface area (Å²) >= 11 is 6.33. The van der Waals surface area contributed by atoms with E-state index in [1.807, 2.05) is 12.1 Å².